The van der Waals surface area contributed by atoms with Crippen LogP contribution in [0.15, 0.2) is 46.1 Å². The number of nitrogens with zero attached hydrogens (tertiary/aromatic N) is 4. The van der Waals surface area contributed by atoms with Crippen LogP contribution < -0.4 is 16.2 Å². The van der Waals surface area contributed by atoms with Gasteiger partial charge < -0.3 is 10.1 Å². The Kier molecular flexibility index (Phi) is 6.09. The Hall–Kier alpha value is -3.45. The number of thiophene rings is 1. The van der Waals surface area contributed by atoms with Gasteiger partial charge in [0.2, 0.25) is 0 Å². The van der Waals surface area contributed by atoms with E-state index in [1.165, 1.54) is 11.3 Å². The van der Waals surface area contributed by atoms with Gasteiger partial charge in [0.1, 0.15) is 11.7 Å². The van der Waals surface area contributed by atoms with Crippen molar-refractivity contribution in [3.8, 4) is 0 Å². The molecule has 186 valence electrons. The number of carbonyl (C=O) groups excluding carboxylic acids is 3. The van der Waals surface area contributed by atoms with E-state index < -0.39 is 12.1 Å². The molecule has 2 saturated heterocycles. The zero-order valence-corrected chi connectivity index (χ0v) is 20.3. The Bertz CT molecular complexity index is 1290. The summed E-state index contributed by atoms with van der Waals surface area (Å²) in [5, 5.41) is 15.2. The maximum absolute atomic E-state index is 13.6. The van der Waals surface area contributed by atoms with E-state index in [1.54, 1.807) is 29.3 Å². The highest BCUT2D eigenvalue weighted by Crippen LogP contribution is 2.49. The molecule has 3 aliphatic heterocycles. The topological polar surface area (TPSA) is 128 Å². The third-order valence-corrected chi connectivity index (χ3v) is 7.70. The number of azo groups is 1. The van der Waals surface area contributed by atoms with Gasteiger partial charge in [-0.2, -0.15) is 10.2 Å². The van der Waals surface area contributed by atoms with Gasteiger partial charge in [0.05, 0.1) is 39.8 Å². The monoisotopic (exact) mass is 507 g/mol. The molecule has 1 unspecified atom stereocenters. The second-order valence-corrected chi connectivity index (χ2v) is 10.0. The molecule has 1 aromatic heterocycles. The van der Waals surface area contributed by atoms with Crippen LogP contribution in [0.3, 0.4) is 0 Å². The molecular weight excluding hydrogens is 482 g/mol. The summed E-state index contributed by atoms with van der Waals surface area (Å²) in [5.41, 5.74) is 8.25. The smallest absolute Gasteiger partial charge is 0.333 e. The summed E-state index contributed by atoms with van der Waals surface area (Å²) in [6.07, 6.45) is 2.14. The molecule has 1 atom stereocenters. The highest BCUT2D eigenvalue weighted by Gasteiger charge is 2.42. The van der Waals surface area contributed by atoms with E-state index in [0.29, 0.717) is 64.1 Å². The molecule has 11 nitrogen and oxygen atoms in total. The molecule has 0 radical (unpaired) electrons. The number of hydrogen-bond donors (Lipinski definition) is 3. The molecule has 36 heavy (non-hydrogen) atoms. The Balaban J connectivity index is 1.22. The number of benzene rings is 1. The summed E-state index contributed by atoms with van der Waals surface area (Å²) in [6.45, 7) is 3.99. The lowest BCUT2D eigenvalue weighted by atomic mass is 10.1. The summed E-state index contributed by atoms with van der Waals surface area (Å²) >= 11 is 1.29. The van der Waals surface area contributed by atoms with Gasteiger partial charge in [0.15, 0.2) is 5.78 Å². The predicted molar refractivity (Wildman–Crippen MR) is 132 cm³/mol. The van der Waals surface area contributed by atoms with Crippen LogP contribution in [-0.4, -0.2) is 67.1 Å². The fourth-order valence-corrected chi connectivity index (χ4v) is 5.76. The fraction of sp³-hybridized carbons (Fsp3) is 0.375. The molecular formula is C24H25N7O4S. The van der Waals surface area contributed by atoms with Gasteiger partial charge in [-0.3, -0.25) is 20.4 Å². The zero-order valence-electron chi connectivity index (χ0n) is 19.5. The van der Waals surface area contributed by atoms with E-state index in [0.717, 1.165) is 25.9 Å². The molecule has 6 rings (SSSR count). The number of carbonyl (C=O) groups is 3. The minimum atomic E-state index is -0.518. The number of urea groups is 1. The molecule has 1 aromatic carbocycles. The van der Waals surface area contributed by atoms with E-state index in [2.05, 4.69) is 26.4 Å². The number of ether oxygens (including phenoxy) is 1. The van der Waals surface area contributed by atoms with Crippen molar-refractivity contribution in [2.45, 2.75) is 18.9 Å². The highest BCUT2D eigenvalue weighted by atomic mass is 32.1. The predicted octanol–water partition coefficient (Wildman–Crippen LogP) is 2.97. The first kappa shape index (κ1) is 23.0. The van der Waals surface area contributed by atoms with Gasteiger partial charge in [0, 0.05) is 26.2 Å². The van der Waals surface area contributed by atoms with Crippen molar-refractivity contribution >= 4 is 40.4 Å². The first-order valence-corrected chi connectivity index (χ1v) is 12.8. The van der Waals surface area contributed by atoms with Crippen LogP contribution in [0.5, 0.6) is 0 Å². The van der Waals surface area contributed by atoms with Gasteiger partial charge in [-0.15, -0.1) is 11.3 Å². The van der Waals surface area contributed by atoms with E-state index in [-0.39, 0.29) is 11.7 Å². The van der Waals surface area contributed by atoms with Crippen LogP contribution in [0.25, 0.3) is 5.70 Å². The number of hydrogen-bond acceptors (Lipinski definition) is 9. The average molecular weight is 508 g/mol. The van der Waals surface area contributed by atoms with Crippen LogP contribution in [-0.2, 0) is 4.74 Å². The molecule has 12 heteroatoms. The first-order valence-electron chi connectivity index (χ1n) is 12.0. The number of Topliss-reactive ketones (excluding diaryl/α,β-unsaturated/α-hetero) is 1. The number of ketones is 1. The second-order valence-electron chi connectivity index (χ2n) is 8.94. The summed E-state index contributed by atoms with van der Waals surface area (Å²) in [5.74, 6) is -0.377. The molecule has 1 aliphatic carbocycles. The summed E-state index contributed by atoms with van der Waals surface area (Å²) in [7, 11) is 0. The van der Waals surface area contributed by atoms with Crippen molar-refractivity contribution in [2.24, 2.45) is 10.2 Å². The quantitative estimate of drug-likeness (QED) is 0.571. The molecule has 2 fully saturated rings. The average Bonchev–Trinajstić information content (AvgIpc) is 3.67. The normalized spacial score (nSPS) is 21.6. The number of hydrazine groups is 2. The molecule has 0 saturated carbocycles. The Morgan fingerprint density at radius 2 is 1.78 bits per heavy atom. The van der Waals surface area contributed by atoms with Crippen LogP contribution in [0.1, 0.15) is 49.4 Å². The minimum Gasteiger partial charge on any atom is -0.379 e. The molecule has 0 bridgehead atoms. The SMILES string of the molecule is O=C(Nc1cccc2c1C(=O)C1=C(c3ccc(C(=O)NN4CCCC4)s3)N=NC12)NN1CCOCC1. The van der Waals surface area contributed by atoms with E-state index in [4.69, 9.17) is 4.74 Å². The van der Waals surface area contributed by atoms with Gasteiger partial charge in [-0.25, -0.2) is 14.8 Å². The van der Waals surface area contributed by atoms with Gasteiger partial charge in [-0.1, -0.05) is 12.1 Å². The molecule has 4 heterocycles. The number of nitrogens with one attached hydrogen (secondary N) is 3. The van der Waals surface area contributed by atoms with Gasteiger partial charge >= 0.3 is 6.03 Å². The van der Waals surface area contributed by atoms with E-state index in [1.807, 2.05) is 11.1 Å². The molecule has 3 N–H and O–H groups in total. The standard InChI is InChI=1S/C24H25N7O4S/c32-22-18-14(4-3-5-15(18)25-24(34)29-31-10-12-35-13-11-31)20-19(22)21(27-26-20)16-6-7-17(36-16)23(33)28-30-8-1-2-9-30/h3-7,20H,1-2,8-13H2,(H,28,33)(H2,25,29,34). The van der Waals surface area contributed by atoms with Gasteiger partial charge in [0.25, 0.3) is 5.91 Å². The van der Waals surface area contributed by atoms with Crippen molar-refractivity contribution < 1.29 is 19.1 Å². The second kappa shape index (κ2) is 9.54. The van der Waals surface area contributed by atoms with Crippen molar-refractivity contribution in [3.05, 3.63) is 56.8 Å². The van der Waals surface area contributed by atoms with Crippen molar-refractivity contribution in [3.63, 3.8) is 0 Å². The first-order chi connectivity index (χ1) is 17.6. The zero-order chi connectivity index (χ0) is 24.6. The molecule has 4 aliphatic rings. The van der Waals surface area contributed by atoms with Crippen LogP contribution >= 0.6 is 11.3 Å². The Morgan fingerprint density at radius 3 is 2.58 bits per heavy atom. The number of rotatable bonds is 5. The summed E-state index contributed by atoms with van der Waals surface area (Å²) < 4.78 is 5.30. The maximum Gasteiger partial charge on any atom is 0.333 e. The molecule has 3 amide bonds. The molecule has 0 spiro atoms. The lowest BCUT2D eigenvalue weighted by molar-refractivity contribution is 0.0207. The third kappa shape index (κ3) is 4.22. The van der Waals surface area contributed by atoms with Gasteiger partial charge in [-0.05, 0) is 36.6 Å². The number of anilines is 1. The maximum atomic E-state index is 13.6. The number of fused-ring (bicyclic) bond motifs is 3. The molecule has 2 aromatic rings. The van der Waals surface area contributed by atoms with Crippen LogP contribution in [0.4, 0.5) is 10.5 Å². The van der Waals surface area contributed by atoms with Crippen LogP contribution in [0, 0.1) is 0 Å². The minimum absolute atomic E-state index is 0.163. The lowest BCUT2D eigenvalue weighted by Crippen LogP contribution is -2.49. The largest absolute Gasteiger partial charge is 0.379 e. The van der Waals surface area contributed by atoms with E-state index >= 15 is 0 Å². The van der Waals surface area contributed by atoms with Crippen molar-refractivity contribution in [1.82, 2.24) is 20.9 Å². The van der Waals surface area contributed by atoms with Crippen molar-refractivity contribution in [1.29, 1.82) is 0 Å². The van der Waals surface area contributed by atoms with Crippen molar-refractivity contribution in [2.75, 3.05) is 44.7 Å². The number of amides is 3. The Labute approximate surface area is 211 Å². The Morgan fingerprint density at radius 1 is 1.00 bits per heavy atom. The third-order valence-electron chi connectivity index (χ3n) is 6.61. The summed E-state index contributed by atoms with van der Waals surface area (Å²) in [6, 6.07) is 7.95. The number of morpholine rings is 1. The van der Waals surface area contributed by atoms with E-state index in [9.17, 15) is 14.4 Å². The van der Waals surface area contributed by atoms with Crippen LogP contribution in [0.2, 0.25) is 0 Å². The fourth-order valence-electron chi connectivity index (χ4n) is 4.86. The highest BCUT2D eigenvalue weighted by molar-refractivity contribution is 7.15. The summed E-state index contributed by atoms with van der Waals surface area (Å²) in [4.78, 5) is 40.1. The lowest BCUT2D eigenvalue weighted by Gasteiger charge is -2.27.